The summed E-state index contributed by atoms with van der Waals surface area (Å²) < 4.78 is 38.1. The summed E-state index contributed by atoms with van der Waals surface area (Å²) in [6.07, 6.45) is 1.37. The van der Waals surface area contributed by atoms with E-state index >= 15 is 0 Å². The van der Waals surface area contributed by atoms with Gasteiger partial charge in [0, 0.05) is 12.1 Å². The van der Waals surface area contributed by atoms with Crippen LogP contribution >= 0.6 is 11.8 Å². The lowest BCUT2D eigenvalue weighted by Crippen LogP contribution is -2.15. The Morgan fingerprint density at radius 2 is 2.08 bits per heavy atom. The van der Waals surface area contributed by atoms with Crippen molar-refractivity contribution in [2.75, 3.05) is 11.1 Å². The number of hydrogen-bond acceptors (Lipinski definition) is 4. The number of carbonyl (C=O) groups is 1. The largest absolute Gasteiger partial charge is 0.416 e. The maximum absolute atomic E-state index is 12.7. The third-order valence-corrected chi connectivity index (χ3v) is 5.12. The molecule has 0 spiro atoms. The first-order valence-electron chi connectivity index (χ1n) is 8.41. The van der Waals surface area contributed by atoms with Crippen molar-refractivity contribution in [2.45, 2.75) is 43.4 Å². The molecular formula is C17H19F3N4OS. The van der Waals surface area contributed by atoms with Crippen molar-refractivity contribution in [1.82, 2.24) is 15.2 Å². The zero-order valence-corrected chi connectivity index (χ0v) is 14.8. The average Bonchev–Trinajstić information content (AvgIpc) is 3.25. The van der Waals surface area contributed by atoms with Gasteiger partial charge in [0.1, 0.15) is 5.82 Å². The molecule has 1 fully saturated rings. The van der Waals surface area contributed by atoms with Gasteiger partial charge in [-0.15, -0.1) is 5.10 Å². The van der Waals surface area contributed by atoms with E-state index in [-0.39, 0.29) is 11.4 Å². The number of rotatable bonds is 6. The minimum absolute atomic E-state index is 0.0248. The molecule has 0 unspecified atom stereocenters. The standard InChI is InChI=1S/C17H19F3N4OS/c18-17(19,20)12-6-3-7-13(9-12)21-15(25)10-26-16-22-14(23-24-16)8-11-4-1-2-5-11/h3,6-7,9,11H,1-2,4-5,8,10H2,(H,21,25)(H,22,23,24). The van der Waals surface area contributed by atoms with Crippen molar-refractivity contribution in [2.24, 2.45) is 5.92 Å². The van der Waals surface area contributed by atoms with Gasteiger partial charge in [0.15, 0.2) is 0 Å². The van der Waals surface area contributed by atoms with Gasteiger partial charge in [0.05, 0.1) is 11.3 Å². The van der Waals surface area contributed by atoms with E-state index in [1.165, 1.54) is 37.8 Å². The van der Waals surface area contributed by atoms with Crippen molar-refractivity contribution in [3.8, 4) is 0 Å². The normalized spacial score (nSPS) is 15.3. The van der Waals surface area contributed by atoms with E-state index in [1.807, 2.05) is 0 Å². The van der Waals surface area contributed by atoms with Crippen molar-refractivity contribution in [3.63, 3.8) is 0 Å². The molecule has 1 aliphatic rings. The Morgan fingerprint density at radius 3 is 2.81 bits per heavy atom. The predicted molar refractivity (Wildman–Crippen MR) is 92.8 cm³/mol. The van der Waals surface area contributed by atoms with Crippen molar-refractivity contribution in [1.29, 1.82) is 0 Å². The molecule has 1 aliphatic carbocycles. The van der Waals surface area contributed by atoms with Crippen LogP contribution in [-0.2, 0) is 17.4 Å². The van der Waals surface area contributed by atoms with Crippen LogP contribution in [0, 0.1) is 5.92 Å². The van der Waals surface area contributed by atoms with E-state index in [0.29, 0.717) is 11.1 Å². The van der Waals surface area contributed by atoms with E-state index < -0.39 is 17.6 Å². The van der Waals surface area contributed by atoms with Crippen LogP contribution in [0.4, 0.5) is 18.9 Å². The summed E-state index contributed by atoms with van der Waals surface area (Å²) in [4.78, 5) is 16.3. The summed E-state index contributed by atoms with van der Waals surface area (Å²) in [7, 11) is 0. The van der Waals surface area contributed by atoms with Gasteiger partial charge in [-0.3, -0.25) is 9.89 Å². The maximum Gasteiger partial charge on any atom is 0.416 e. The fourth-order valence-corrected chi connectivity index (χ4v) is 3.64. The molecule has 1 heterocycles. The Balaban J connectivity index is 1.49. The van der Waals surface area contributed by atoms with E-state index in [1.54, 1.807) is 0 Å². The third-order valence-electron chi connectivity index (χ3n) is 4.27. The van der Waals surface area contributed by atoms with E-state index in [2.05, 4.69) is 20.5 Å². The predicted octanol–water partition coefficient (Wildman–Crippen LogP) is 4.29. The number of halogens is 3. The smallest absolute Gasteiger partial charge is 0.325 e. The fourth-order valence-electron chi connectivity index (χ4n) is 3.02. The van der Waals surface area contributed by atoms with E-state index in [9.17, 15) is 18.0 Å². The Labute approximate surface area is 153 Å². The molecule has 1 saturated carbocycles. The SMILES string of the molecule is O=C(CSc1n[nH]c(CC2CCCC2)n1)Nc1cccc(C(F)(F)F)c1. The zero-order valence-electron chi connectivity index (χ0n) is 14.0. The molecule has 1 amide bonds. The van der Waals surface area contributed by atoms with Crippen molar-refractivity contribution in [3.05, 3.63) is 35.7 Å². The minimum Gasteiger partial charge on any atom is -0.325 e. The summed E-state index contributed by atoms with van der Waals surface area (Å²) in [6.45, 7) is 0. The maximum atomic E-state index is 12.7. The second-order valence-corrected chi connectivity index (χ2v) is 7.28. The molecule has 2 aromatic rings. The first-order valence-corrected chi connectivity index (χ1v) is 9.40. The number of anilines is 1. The molecule has 3 rings (SSSR count). The molecule has 5 nitrogen and oxygen atoms in total. The van der Waals surface area contributed by atoms with Gasteiger partial charge < -0.3 is 5.32 Å². The van der Waals surface area contributed by atoms with Crippen LogP contribution in [0.5, 0.6) is 0 Å². The first kappa shape index (κ1) is 18.8. The highest BCUT2D eigenvalue weighted by atomic mass is 32.2. The molecule has 26 heavy (non-hydrogen) atoms. The zero-order chi connectivity index (χ0) is 18.6. The minimum atomic E-state index is -4.44. The topological polar surface area (TPSA) is 70.7 Å². The van der Waals surface area contributed by atoms with Crippen LogP contribution in [-0.4, -0.2) is 26.8 Å². The molecule has 0 saturated heterocycles. The van der Waals surface area contributed by atoms with Crippen molar-refractivity contribution < 1.29 is 18.0 Å². The number of hydrogen-bond donors (Lipinski definition) is 2. The molecular weight excluding hydrogens is 365 g/mol. The lowest BCUT2D eigenvalue weighted by Gasteiger charge is -2.09. The summed E-state index contributed by atoms with van der Waals surface area (Å²) in [5, 5.41) is 9.91. The van der Waals surface area contributed by atoms with Crippen LogP contribution in [0.2, 0.25) is 0 Å². The summed E-state index contributed by atoms with van der Waals surface area (Å²) >= 11 is 1.15. The van der Waals surface area contributed by atoms with Gasteiger partial charge in [0.25, 0.3) is 0 Å². The number of carbonyl (C=O) groups excluding carboxylic acids is 1. The highest BCUT2D eigenvalue weighted by molar-refractivity contribution is 7.99. The lowest BCUT2D eigenvalue weighted by molar-refractivity contribution is -0.137. The molecule has 0 bridgehead atoms. The molecule has 0 aliphatic heterocycles. The number of thioether (sulfide) groups is 1. The Kier molecular flexibility index (Phi) is 5.85. The summed E-state index contributed by atoms with van der Waals surface area (Å²) in [6, 6.07) is 4.56. The molecule has 140 valence electrons. The van der Waals surface area contributed by atoms with Crippen LogP contribution < -0.4 is 5.32 Å². The number of nitrogens with zero attached hydrogens (tertiary/aromatic N) is 2. The number of aromatic amines is 1. The number of H-pyrrole nitrogens is 1. The Bertz CT molecular complexity index is 756. The second kappa shape index (κ2) is 8.11. The molecule has 0 atom stereocenters. The van der Waals surface area contributed by atoms with Crippen molar-refractivity contribution >= 4 is 23.4 Å². The highest BCUT2D eigenvalue weighted by Crippen LogP contribution is 2.31. The summed E-state index contributed by atoms with van der Waals surface area (Å²) in [5.41, 5.74) is -0.684. The molecule has 1 aromatic heterocycles. The third kappa shape index (κ3) is 5.23. The molecule has 1 aromatic carbocycles. The number of amides is 1. The second-order valence-electron chi connectivity index (χ2n) is 6.33. The van der Waals surface area contributed by atoms with Gasteiger partial charge in [-0.05, 0) is 24.1 Å². The average molecular weight is 384 g/mol. The van der Waals surface area contributed by atoms with Gasteiger partial charge >= 0.3 is 6.18 Å². The number of aromatic nitrogens is 3. The molecule has 0 radical (unpaired) electrons. The lowest BCUT2D eigenvalue weighted by atomic mass is 10.0. The number of alkyl halides is 3. The van der Waals surface area contributed by atoms with Gasteiger partial charge in [-0.1, -0.05) is 43.5 Å². The van der Waals surface area contributed by atoms with Crippen LogP contribution in [0.25, 0.3) is 0 Å². The molecule has 9 heteroatoms. The van der Waals surface area contributed by atoms with Crippen LogP contribution in [0.1, 0.15) is 37.1 Å². The van der Waals surface area contributed by atoms with Gasteiger partial charge in [-0.25, -0.2) is 4.98 Å². The van der Waals surface area contributed by atoms with Crippen LogP contribution in [0.3, 0.4) is 0 Å². The quantitative estimate of drug-likeness (QED) is 0.729. The van der Waals surface area contributed by atoms with Gasteiger partial charge in [-0.2, -0.15) is 13.2 Å². The first-order chi connectivity index (χ1) is 12.4. The van der Waals surface area contributed by atoms with Gasteiger partial charge in [0.2, 0.25) is 11.1 Å². The van der Waals surface area contributed by atoms with Crippen LogP contribution in [0.15, 0.2) is 29.4 Å². The Hall–Kier alpha value is -2.03. The van der Waals surface area contributed by atoms with E-state index in [0.717, 1.165) is 36.1 Å². The Morgan fingerprint density at radius 1 is 1.31 bits per heavy atom. The summed E-state index contributed by atoms with van der Waals surface area (Å²) in [5.74, 6) is 1.08. The highest BCUT2D eigenvalue weighted by Gasteiger charge is 2.30. The van der Waals surface area contributed by atoms with E-state index in [4.69, 9.17) is 0 Å². The molecule has 2 N–H and O–H groups in total. The monoisotopic (exact) mass is 384 g/mol. The number of nitrogens with one attached hydrogen (secondary N) is 2. The number of benzene rings is 1. The fraction of sp³-hybridized carbons (Fsp3) is 0.471.